The maximum absolute atomic E-state index is 12.4. The minimum Gasteiger partial charge on any atom is -0.507 e. The van der Waals surface area contributed by atoms with Crippen LogP contribution in [0.25, 0.3) is 10.8 Å². The van der Waals surface area contributed by atoms with Gasteiger partial charge in [-0.1, -0.05) is 54.2 Å². The molecule has 0 radical (unpaired) electrons. The number of carbonyl (C=O) groups excluding carboxylic acids is 1. The maximum atomic E-state index is 12.4. The van der Waals surface area contributed by atoms with Crippen molar-refractivity contribution in [3.8, 4) is 5.75 Å². The number of carbonyl (C=O) groups is 1. The molecule has 2 N–H and O–H groups in total. The van der Waals surface area contributed by atoms with Crippen molar-refractivity contribution < 1.29 is 9.90 Å². The van der Waals surface area contributed by atoms with E-state index in [2.05, 4.69) is 20.5 Å². The normalized spacial score (nSPS) is 11.2. The summed E-state index contributed by atoms with van der Waals surface area (Å²) in [6.07, 6.45) is 1.46. The van der Waals surface area contributed by atoms with Gasteiger partial charge < -0.3 is 5.11 Å². The summed E-state index contributed by atoms with van der Waals surface area (Å²) in [5, 5.41) is 16.8. The Balaban J connectivity index is 1.39. The topological polar surface area (TPSA) is 87.5 Å². The summed E-state index contributed by atoms with van der Waals surface area (Å²) in [7, 11) is 0. The molecule has 0 aliphatic rings. The molecule has 4 rings (SSSR count). The SMILES string of the molecule is Cc1cc(C)nc(SCc2ccc(C(=O)N/N=C/c3c(O)ccc4ccccc34)cc2)n1. The number of aromatic nitrogens is 2. The summed E-state index contributed by atoms with van der Waals surface area (Å²) >= 11 is 1.56. The Morgan fingerprint density at radius 3 is 2.50 bits per heavy atom. The first-order chi connectivity index (χ1) is 15.5. The molecule has 1 amide bonds. The molecule has 0 saturated heterocycles. The summed E-state index contributed by atoms with van der Waals surface area (Å²) < 4.78 is 0. The van der Waals surface area contributed by atoms with Crippen LogP contribution in [0, 0.1) is 13.8 Å². The summed E-state index contributed by atoms with van der Waals surface area (Å²) in [6.45, 7) is 3.91. The number of hydrazone groups is 1. The van der Waals surface area contributed by atoms with E-state index in [-0.39, 0.29) is 11.7 Å². The lowest BCUT2D eigenvalue weighted by atomic mass is 10.0. The van der Waals surface area contributed by atoms with E-state index in [1.54, 1.807) is 30.0 Å². The van der Waals surface area contributed by atoms with E-state index in [4.69, 9.17) is 0 Å². The van der Waals surface area contributed by atoms with Gasteiger partial charge in [0.2, 0.25) is 0 Å². The van der Waals surface area contributed by atoms with Crippen molar-refractivity contribution in [2.75, 3.05) is 0 Å². The van der Waals surface area contributed by atoms with Crippen LogP contribution in [0.4, 0.5) is 0 Å². The molecule has 0 spiro atoms. The predicted octanol–water partition coefficient (Wildman–Crippen LogP) is 5.01. The van der Waals surface area contributed by atoms with Gasteiger partial charge in [-0.2, -0.15) is 5.10 Å². The van der Waals surface area contributed by atoms with Crippen LogP contribution in [0.15, 0.2) is 77.0 Å². The molecule has 0 aliphatic heterocycles. The van der Waals surface area contributed by atoms with Crippen LogP contribution in [0.3, 0.4) is 0 Å². The molecule has 4 aromatic rings. The molecule has 0 atom stereocenters. The van der Waals surface area contributed by atoms with Crippen LogP contribution >= 0.6 is 11.8 Å². The Hall–Kier alpha value is -3.71. The molecule has 1 aromatic heterocycles. The molecule has 0 saturated carbocycles. The van der Waals surface area contributed by atoms with Gasteiger partial charge in [0, 0.05) is 28.3 Å². The molecule has 3 aromatic carbocycles. The first-order valence-corrected chi connectivity index (χ1v) is 11.1. The number of phenolic OH excluding ortho intramolecular Hbond substituents is 1. The number of rotatable bonds is 6. The molecule has 6 nitrogen and oxygen atoms in total. The largest absolute Gasteiger partial charge is 0.507 e. The van der Waals surface area contributed by atoms with E-state index >= 15 is 0 Å². The lowest BCUT2D eigenvalue weighted by Crippen LogP contribution is -2.17. The zero-order valence-corrected chi connectivity index (χ0v) is 18.6. The standard InChI is InChI=1S/C25H22N4O2S/c1-16-13-17(2)28-25(27-16)32-15-18-7-9-20(10-8-18)24(31)29-26-14-22-21-6-4-3-5-19(21)11-12-23(22)30/h3-14,30H,15H2,1-2H3,(H,29,31)/b26-14+. The average molecular weight is 443 g/mol. The van der Waals surface area contributed by atoms with Crippen molar-refractivity contribution in [2.45, 2.75) is 24.8 Å². The molecule has 1 heterocycles. The first kappa shape index (κ1) is 21.5. The Morgan fingerprint density at radius 1 is 1.03 bits per heavy atom. The third kappa shape index (κ3) is 5.12. The zero-order valence-electron chi connectivity index (χ0n) is 17.7. The van der Waals surface area contributed by atoms with Gasteiger partial charge in [-0.25, -0.2) is 15.4 Å². The van der Waals surface area contributed by atoms with Gasteiger partial charge in [0.25, 0.3) is 5.91 Å². The second kappa shape index (κ2) is 9.62. The minimum atomic E-state index is -0.321. The first-order valence-electron chi connectivity index (χ1n) is 10.1. The number of aromatic hydroxyl groups is 1. The number of hydrogen-bond acceptors (Lipinski definition) is 6. The second-order valence-corrected chi connectivity index (χ2v) is 8.28. The van der Waals surface area contributed by atoms with Crippen molar-refractivity contribution in [1.29, 1.82) is 0 Å². The van der Waals surface area contributed by atoms with Crippen LogP contribution in [-0.4, -0.2) is 27.2 Å². The summed E-state index contributed by atoms with van der Waals surface area (Å²) in [5.41, 5.74) is 6.55. The molecular weight excluding hydrogens is 420 g/mol. The van der Waals surface area contributed by atoms with Gasteiger partial charge in [-0.3, -0.25) is 4.79 Å². The van der Waals surface area contributed by atoms with Crippen LogP contribution < -0.4 is 5.43 Å². The monoisotopic (exact) mass is 442 g/mol. The van der Waals surface area contributed by atoms with Crippen molar-refractivity contribution in [2.24, 2.45) is 5.10 Å². The van der Waals surface area contributed by atoms with Crippen molar-refractivity contribution in [1.82, 2.24) is 15.4 Å². The third-order valence-electron chi connectivity index (χ3n) is 4.85. The predicted molar refractivity (Wildman–Crippen MR) is 128 cm³/mol. The molecule has 0 aliphatic carbocycles. The smallest absolute Gasteiger partial charge is 0.271 e. The van der Waals surface area contributed by atoms with E-state index in [0.29, 0.717) is 16.9 Å². The third-order valence-corrected chi connectivity index (χ3v) is 5.77. The van der Waals surface area contributed by atoms with Crippen LogP contribution in [-0.2, 0) is 5.75 Å². The molecule has 0 unspecified atom stereocenters. The number of hydrogen-bond donors (Lipinski definition) is 2. The van der Waals surface area contributed by atoms with Gasteiger partial charge in [0.1, 0.15) is 5.75 Å². The Bertz CT molecular complexity index is 1280. The number of fused-ring (bicyclic) bond motifs is 1. The maximum Gasteiger partial charge on any atom is 0.271 e. The van der Waals surface area contributed by atoms with Crippen molar-refractivity contribution >= 4 is 34.7 Å². The van der Waals surface area contributed by atoms with Crippen LogP contribution in [0.1, 0.15) is 32.9 Å². The van der Waals surface area contributed by atoms with Crippen LogP contribution in [0.2, 0.25) is 0 Å². The zero-order chi connectivity index (χ0) is 22.5. The Labute approximate surface area is 190 Å². The summed E-state index contributed by atoms with van der Waals surface area (Å²) in [4.78, 5) is 21.3. The van der Waals surface area contributed by atoms with Gasteiger partial charge in [0.15, 0.2) is 5.16 Å². The highest BCUT2D eigenvalue weighted by molar-refractivity contribution is 7.98. The highest BCUT2D eigenvalue weighted by Crippen LogP contribution is 2.25. The van der Waals surface area contributed by atoms with E-state index in [9.17, 15) is 9.90 Å². The van der Waals surface area contributed by atoms with E-state index < -0.39 is 0 Å². The Morgan fingerprint density at radius 2 is 1.75 bits per heavy atom. The van der Waals surface area contributed by atoms with Crippen molar-refractivity contribution in [3.05, 3.63) is 94.8 Å². The van der Waals surface area contributed by atoms with E-state index in [0.717, 1.165) is 32.9 Å². The minimum absolute atomic E-state index is 0.108. The fourth-order valence-corrected chi connectivity index (χ4v) is 4.20. The fourth-order valence-electron chi connectivity index (χ4n) is 3.30. The van der Waals surface area contributed by atoms with Gasteiger partial charge in [-0.15, -0.1) is 0 Å². The molecular formula is C25H22N4O2S. The van der Waals surface area contributed by atoms with E-state index in [1.807, 2.05) is 62.4 Å². The van der Waals surface area contributed by atoms with E-state index in [1.165, 1.54) is 6.21 Å². The number of thioether (sulfide) groups is 1. The lowest BCUT2D eigenvalue weighted by Gasteiger charge is -2.06. The molecule has 160 valence electrons. The lowest BCUT2D eigenvalue weighted by molar-refractivity contribution is 0.0955. The fraction of sp³-hybridized carbons (Fsp3) is 0.120. The number of benzene rings is 3. The highest BCUT2D eigenvalue weighted by atomic mass is 32.2. The molecule has 0 fully saturated rings. The molecule has 32 heavy (non-hydrogen) atoms. The Kier molecular flexibility index (Phi) is 6.47. The van der Waals surface area contributed by atoms with Crippen molar-refractivity contribution in [3.63, 3.8) is 0 Å². The second-order valence-electron chi connectivity index (χ2n) is 7.34. The number of phenols is 1. The van der Waals surface area contributed by atoms with Gasteiger partial charge >= 0.3 is 0 Å². The number of nitrogens with one attached hydrogen (secondary N) is 1. The summed E-state index contributed by atoms with van der Waals surface area (Å²) in [5.74, 6) is 0.498. The number of nitrogens with zero attached hydrogens (tertiary/aromatic N) is 3. The van der Waals surface area contributed by atoms with Crippen LogP contribution in [0.5, 0.6) is 5.75 Å². The quantitative estimate of drug-likeness (QED) is 0.190. The van der Waals surface area contributed by atoms with Gasteiger partial charge in [0.05, 0.1) is 6.21 Å². The molecule has 0 bridgehead atoms. The van der Waals surface area contributed by atoms with Gasteiger partial charge in [-0.05, 0) is 54.4 Å². The summed E-state index contributed by atoms with van der Waals surface area (Å²) in [6, 6.07) is 20.4. The molecule has 7 heteroatoms. The number of aryl methyl sites for hydroxylation is 2. The highest BCUT2D eigenvalue weighted by Gasteiger charge is 2.07. The average Bonchev–Trinajstić information content (AvgIpc) is 2.79. The number of amides is 1.